The maximum absolute atomic E-state index is 13.3. The van der Waals surface area contributed by atoms with Crippen molar-refractivity contribution in [3.8, 4) is 0 Å². The Labute approximate surface area is 187 Å². The Bertz CT molecular complexity index is 1130. The molecule has 1 aliphatic rings. The lowest BCUT2D eigenvalue weighted by Crippen LogP contribution is -2.43. The summed E-state index contributed by atoms with van der Waals surface area (Å²) in [6, 6.07) is 25.7. The molecule has 1 aliphatic heterocycles. The van der Waals surface area contributed by atoms with Gasteiger partial charge in [-0.05, 0) is 48.2 Å². The molecule has 0 saturated carbocycles. The summed E-state index contributed by atoms with van der Waals surface area (Å²) in [4.78, 5) is 29.1. The lowest BCUT2D eigenvalue weighted by atomic mass is 10.1. The zero-order valence-electron chi connectivity index (χ0n) is 17.4. The number of hydrogen-bond donors (Lipinski definition) is 1. The Morgan fingerprint density at radius 2 is 1.68 bits per heavy atom. The maximum Gasteiger partial charge on any atom is 0.265 e. The van der Waals surface area contributed by atoms with Gasteiger partial charge in [-0.1, -0.05) is 78.5 Å². The van der Waals surface area contributed by atoms with E-state index in [1.807, 2.05) is 91.9 Å². The van der Waals surface area contributed by atoms with Crippen LogP contribution in [0.3, 0.4) is 0 Å². The molecule has 0 fully saturated rings. The van der Waals surface area contributed by atoms with Crippen LogP contribution in [0, 0.1) is 6.92 Å². The van der Waals surface area contributed by atoms with Gasteiger partial charge in [-0.15, -0.1) is 0 Å². The minimum absolute atomic E-state index is 0.00366. The van der Waals surface area contributed by atoms with E-state index >= 15 is 0 Å². The normalized spacial score (nSPS) is 14.4. The Kier molecular flexibility index (Phi) is 6.53. The molecule has 2 amide bonds. The second-order valence-corrected chi connectivity index (χ2v) is 8.50. The average molecular weight is 429 g/mol. The van der Waals surface area contributed by atoms with Gasteiger partial charge in [-0.25, -0.2) is 0 Å². The predicted molar refractivity (Wildman–Crippen MR) is 127 cm³/mol. The Balaban J connectivity index is 1.51. The van der Waals surface area contributed by atoms with Crippen molar-refractivity contribution in [1.82, 2.24) is 5.32 Å². The fraction of sp³-hybridized carbons (Fsp3) is 0.154. The molecule has 0 unspecified atom stereocenters. The van der Waals surface area contributed by atoms with Crippen molar-refractivity contribution in [2.24, 2.45) is 0 Å². The van der Waals surface area contributed by atoms with Crippen molar-refractivity contribution in [3.05, 3.63) is 100 Å². The first kappa shape index (κ1) is 20.9. The second-order valence-electron chi connectivity index (χ2n) is 7.41. The van der Waals surface area contributed by atoms with E-state index < -0.39 is 0 Å². The molecule has 156 valence electrons. The molecular weight excluding hydrogens is 404 g/mol. The topological polar surface area (TPSA) is 49.4 Å². The molecule has 0 atom stereocenters. The van der Waals surface area contributed by atoms with Crippen LogP contribution >= 0.6 is 11.8 Å². The summed E-state index contributed by atoms with van der Waals surface area (Å²) in [5, 5.41) is 2.94. The molecule has 0 aliphatic carbocycles. The number of hydrogen-bond acceptors (Lipinski definition) is 3. The van der Waals surface area contributed by atoms with E-state index in [0.29, 0.717) is 11.4 Å². The van der Waals surface area contributed by atoms with Gasteiger partial charge < -0.3 is 5.32 Å². The number of thioether (sulfide) groups is 1. The van der Waals surface area contributed by atoms with E-state index in [1.165, 1.54) is 17.3 Å². The molecular formula is C26H24N2O2S. The number of amides is 2. The van der Waals surface area contributed by atoms with Crippen LogP contribution in [0.5, 0.6) is 0 Å². The standard InChI is InChI=1S/C26H24N2O2S/c1-19-9-5-6-12-21(19)17-24-26(30)28(22-13-7-8-14-23(22)31-24)18-25(29)27-16-15-20-10-3-2-4-11-20/h2-14,17H,15-16,18H2,1H3,(H,27,29). The SMILES string of the molecule is Cc1ccccc1C=C1Sc2ccccc2N(CC(=O)NCCc2ccccc2)C1=O. The number of carbonyl (C=O) groups excluding carboxylic acids is 2. The molecule has 31 heavy (non-hydrogen) atoms. The number of carbonyl (C=O) groups is 2. The van der Waals surface area contributed by atoms with E-state index in [1.54, 1.807) is 4.90 Å². The van der Waals surface area contributed by atoms with Gasteiger partial charge in [0, 0.05) is 11.4 Å². The van der Waals surface area contributed by atoms with Crippen molar-refractivity contribution >= 4 is 35.3 Å². The lowest BCUT2D eigenvalue weighted by molar-refractivity contribution is -0.122. The Morgan fingerprint density at radius 3 is 2.48 bits per heavy atom. The lowest BCUT2D eigenvalue weighted by Gasteiger charge is -2.30. The van der Waals surface area contributed by atoms with Crippen LogP contribution in [0.1, 0.15) is 16.7 Å². The molecule has 5 heteroatoms. The number of nitrogens with one attached hydrogen (secondary N) is 1. The number of para-hydroxylation sites is 1. The molecule has 0 bridgehead atoms. The molecule has 0 radical (unpaired) electrons. The molecule has 0 saturated heterocycles. The first-order valence-corrected chi connectivity index (χ1v) is 11.1. The highest BCUT2D eigenvalue weighted by Crippen LogP contribution is 2.42. The van der Waals surface area contributed by atoms with Crippen LogP contribution in [0.25, 0.3) is 6.08 Å². The number of anilines is 1. The minimum Gasteiger partial charge on any atom is -0.354 e. The predicted octanol–water partition coefficient (Wildman–Crippen LogP) is 4.83. The van der Waals surface area contributed by atoms with E-state index in [-0.39, 0.29) is 18.4 Å². The highest BCUT2D eigenvalue weighted by atomic mass is 32.2. The van der Waals surface area contributed by atoms with Gasteiger partial charge in [-0.2, -0.15) is 0 Å². The number of fused-ring (bicyclic) bond motifs is 1. The second kappa shape index (κ2) is 9.67. The summed E-state index contributed by atoms with van der Waals surface area (Å²) in [6.07, 6.45) is 2.67. The third-order valence-electron chi connectivity index (χ3n) is 5.19. The van der Waals surface area contributed by atoms with Crippen LogP contribution in [-0.2, 0) is 16.0 Å². The summed E-state index contributed by atoms with van der Waals surface area (Å²) >= 11 is 1.45. The van der Waals surface area contributed by atoms with Crippen LogP contribution < -0.4 is 10.2 Å². The first-order chi connectivity index (χ1) is 15.1. The number of benzene rings is 3. The Hall–Kier alpha value is -3.31. The summed E-state index contributed by atoms with van der Waals surface area (Å²) < 4.78 is 0. The maximum atomic E-state index is 13.3. The van der Waals surface area contributed by atoms with Gasteiger partial charge >= 0.3 is 0 Å². The first-order valence-electron chi connectivity index (χ1n) is 10.3. The zero-order chi connectivity index (χ0) is 21.6. The molecule has 3 aromatic rings. The van der Waals surface area contributed by atoms with Crippen LogP contribution in [0.2, 0.25) is 0 Å². The molecule has 4 rings (SSSR count). The van der Waals surface area contributed by atoms with Gasteiger partial charge in [0.2, 0.25) is 5.91 Å². The van der Waals surface area contributed by atoms with Gasteiger partial charge in [0.15, 0.2) is 0 Å². The fourth-order valence-corrected chi connectivity index (χ4v) is 4.55. The van der Waals surface area contributed by atoms with Crippen molar-refractivity contribution in [2.75, 3.05) is 18.0 Å². The quantitative estimate of drug-likeness (QED) is 0.572. The largest absolute Gasteiger partial charge is 0.354 e. The summed E-state index contributed by atoms with van der Waals surface area (Å²) in [5.41, 5.74) is 4.05. The van der Waals surface area contributed by atoms with Crippen molar-refractivity contribution in [2.45, 2.75) is 18.2 Å². The van der Waals surface area contributed by atoms with E-state index in [4.69, 9.17) is 0 Å². The van der Waals surface area contributed by atoms with Crippen LogP contribution in [0.15, 0.2) is 88.7 Å². The van der Waals surface area contributed by atoms with E-state index in [2.05, 4.69) is 5.32 Å². The van der Waals surface area contributed by atoms with Gasteiger partial charge in [0.1, 0.15) is 6.54 Å². The highest BCUT2D eigenvalue weighted by molar-refractivity contribution is 8.04. The van der Waals surface area contributed by atoms with Crippen molar-refractivity contribution in [1.29, 1.82) is 0 Å². The van der Waals surface area contributed by atoms with Gasteiger partial charge in [0.05, 0.1) is 10.6 Å². The smallest absolute Gasteiger partial charge is 0.265 e. The molecule has 0 aromatic heterocycles. The zero-order valence-corrected chi connectivity index (χ0v) is 18.2. The molecule has 1 heterocycles. The molecule has 4 nitrogen and oxygen atoms in total. The number of rotatable bonds is 6. The minimum atomic E-state index is -0.166. The van der Waals surface area contributed by atoms with Crippen molar-refractivity contribution in [3.63, 3.8) is 0 Å². The van der Waals surface area contributed by atoms with E-state index in [9.17, 15) is 9.59 Å². The van der Waals surface area contributed by atoms with E-state index in [0.717, 1.165) is 28.1 Å². The fourth-order valence-electron chi connectivity index (χ4n) is 3.50. The third-order valence-corrected chi connectivity index (χ3v) is 6.26. The monoisotopic (exact) mass is 428 g/mol. The number of aryl methyl sites for hydroxylation is 1. The summed E-state index contributed by atoms with van der Waals surface area (Å²) in [6.45, 7) is 2.56. The van der Waals surface area contributed by atoms with Crippen LogP contribution in [-0.4, -0.2) is 24.9 Å². The molecule has 0 spiro atoms. The van der Waals surface area contributed by atoms with Crippen molar-refractivity contribution < 1.29 is 9.59 Å². The summed E-state index contributed by atoms with van der Waals surface area (Å²) in [5.74, 6) is -0.314. The third kappa shape index (κ3) is 5.06. The van der Waals surface area contributed by atoms with Gasteiger partial charge in [-0.3, -0.25) is 14.5 Å². The number of nitrogens with zero attached hydrogens (tertiary/aromatic N) is 1. The molecule has 1 N–H and O–H groups in total. The average Bonchev–Trinajstić information content (AvgIpc) is 2.79. The molecule has 3 aromatic carbocycles. The summed E-state index contributed by atoms with van der Waals surface area (Å²) in [7, 11) is 0. The highest BCUT2D eigenvalue weighted by Gasteiger charge is 2.30. The Morgan fingerprint density at radius 1 is 0.968 bits per heavy atom. The van der Waals surface area contributed by atoms with Gasteiger partial charge in [0.25, 0.3) is 5.91 Å². The van der Waals surface area contributed by atoms with Crippen LogP contribution in [0.4, 0.5) is 5.69 Å².